The van der Waals surface area contributed by atoms with E-state index >= 15 is 0 Å². The molecule has 1 saturated carbocycles. The predicted octanol–water partition coefficient (Wildman–Crippen LogP) is 4.23. The number of halogens is 1. The van der Waals surface area contributed by atoms with E-state index in [0.717, 1.165) is 17.3 Å². The van der Waals surface area contributed by atoms with Crippen molar-refractivity contribution in [3.8, 4) is 0 Å². The standard InChI is InChI=1S/C13H17BrOS/c14-10-6-4-5-8-12(10)16-13-9-3-1-2-7-11(13)15/h4-6,8,11,13,15H,1-3,7,9H2. The third-order valence-electron chi connectivity index (χ3n) is 3.03. The molecule has 2 unspecified atom stereocenters. The molecule has 0 spiro atoms. The minimum atomic E-state index is -0.139. The molecule has 0 radical (unpaired) electrons. The number of benzene rings is 1. The summed E-state index contributed by atoms with van der Waals surface area (Å²) in [5.41, 5.74) is 0. The van der Waals surface area contributed by atoms with Crippen molar-refractivity contribution in [1.29, 1.82) is 0 Å². The Hall–Kier alpha value is 0.01000. The molecule has 88 valence electrons. The van der Waals surface area contributed by atoms with E-state index in [1.54, 1.807) is 0 Å². The Morgan fingerprint density at radius 1 is 1.12 bits per heavy atom. The molecule has 1 N–H and O–H groups in total. The van der Waals surface area contributed by atoms with Gasteiger partial charge in [0.15, 0.2) is 0 Å². The summed E-state index contributed by atoms with van der Waals surface area (Å²) in [6.45, 7) is 0. The van der Waals surface area contributed by atoms with Crippen molar-refractivity contribution in [3.05, 3.63) is 28.7 Å². The average Bonchev–Trinajstić information content (AvgIpc) is 2.48. The summed E-state index contributed by atoms with van der Waals surface area (Å²) in [4.78, 5) is 1.24. The first-order chi connectivity index (χ1) is 7.77. The maximum Gasteiger partial charge on any atom is 0.0662 e. The Kier molecular flexibility index (Phi) is 4.74. The van der Waals surface area contributed by atoms with E-state index in [1.165, 1.54) is 24.2 Å². The van der Waals surface area contributed by atoms with Crippen molar-refractivity contribution in [1.82, 2.24) is 0 Å². The van der Waals surface area contributed by atoms with Gasteiger partial charge in [-0.05, 0) is 40.9 Å². The summed E-state index contributed by atoms with van der Waals surface area (Å²) in [5.74, 6) is 0. The molecule has 0 saturated heterocycles. The Balaban J connectivity index is 2.05. The highest BCUT2D eigenvalue weighted by molar-refractivity contribution is 9.10. The smallest absolute Gasteiger partial charge is 0.0662 e. The summed E-state index contributed by atoms with van der Waals surface area (Å²) in [7, 11) is 0. The van der Waals surface area contributed by atoms with Crippen molar-refractivity contribution in [2.45, 2.75) is 48.4 Å². The van der Waals surface area contributed by atoms with Gasteiger partial charge in [-0.25, -0.2) is 0 Å². The molecule has 1 aromatic carbocycles. The number of aliphatic hydroxyl groups is 1. The van der Waals surface area contributed by atoms with Crippen LogP contribution in [0, 0.1) is 0 Å². The van der Waals surface area contributed by atoms with Gasteiger partial charge in [0, 0.05) is 14.6 Å². The molecule has 1 nitrogen and oxygen atoms in total. The first-order valence-electron chi connectivity index (χ1n) is 5.86. The monoisotopic (exact) mass is 300 g/mol. The molecular formula is C13H17BrOS. The van der Waals surface area contributed by atoms with E-state index in [1.807, 2.05) is 17.8 Å². The Bertz CT molecular complexity index is 342. The Labute approximate surface area is 110 Å². The Morgan fingerprint density at radius 3 is 2.69 bits per heavy atom. The maximum absolute atomic E-state index is 10.1. The summed E-state index contributed by atoms with van der Waals surface area (Å²) in [5, 5.41) is 10.4. The van der Waals surface area contributed by atoms with E-state index in [9.17, 15) is 5.11 Å². The lowest BCUT2D eigenvalue weighted by Gasteiger charge is -2.20. The van der Waals surface area contributed by atoms with E-state index < -0.39 is 0 Å². The van der Waals surface area contributed by atoms with Gasteiger partial charge in [0.2, 0.25) is 0 Å². The summed E-state index contributed by atoms with van der Waals surface area (Å²) >= 11 is 5.38. The molecule has 1 aromatic rings. The molecule has 2 rings (SSSR count). The van der Waals surface area contributed by atoms with Crippen LogP contribution >= 0.6 is 27.7 Å². The number of hydrogen-bond acceptors (Lipinski definition) is 2. The molecule has 2 atom stereocenters. The zero-order valence-electron chi connectivity index (χ0n) is 9.23. The zero-order chi connectivity index (χ0) is 11.4. The normalized spacial score (nSPS) is 26.4. The van der Waals surface area contributed by atoms with Gasteiger partial charge in [-0.15, -0.1) is 11.8 Å². The number of thioether (sulfide) groups is 1. The molecule has 0 amide bonds. The SMILES string of the molecule is OC1CCCCCC1Sc1ccccc1Br. The quantitative estimate of drug-likeness (QED) is 0.825. The first-order valence-corrected chi connectivity index (χ1v) is 7.54. The zero-order valence-corrected chi connectivity index (χ0v) is 11.6. The van der Waals surface area contributed by atoms with Crippen molar-refractivity contribution < 1.29 is 5.11 Å². The van der Waals surface area contributed by atoms with Crippen molar-refractivity contribution in [2.75, 3.05) is 0 Å². The lowest BCUT2D eigenvalue weighted by atomic mass is 10.1. The predicted molar refractivity (Wildman–Crippen MR) is 72.9 cm³/mol. The minimum absolute atomic E-state index is 0.139. The molecule has 0 aromatic heterocycles. The fourth-order valence-electron chi connectivity index (χ4n) is 2.09. The average molecular weight is 301 g/mol. The van der Waals surface area contributed by atoms with Crippen LogP contribution in [0.1, 0.15) is 32.1 Å². The second-order valence-electron chi connectivity index (χ2n) is 4.29. The van der Waals surface area contributed by atoms with Crippen molar-refractivity contribution in [2.24, 2.45) is 0 Å². The molecule has 0 aliphatic heterocycles. The fourth-order valence-corrected chi connectivity index (χ4v) is 3.90. The molecule has 1 fully saturated rings. The lowest BCUT2D eigenvalue weighted by molar-refractivity contribution is 0.163. The summed E-state index contributed by atoms with van der Waals surface area (Å²) in [6, 6.07) is 8.26. The van der Waals surface area contributed by atoms with E-state index in [2.05, 4.69) is 34.1 Å². The number of hydrogen-bond donors (Lipinski definition) is 1. The highest BCUT2D eigenvalue weighted by atomic mass is 79.9. The van der Waals surface area contributed by atoms with Crippen LogP contribution in [0.2, 0.25) is 0 Å². The maximum atomic E-state index is 10.1. The minimum Gasteiger partial charge on any atom is -0.392 e. The molecule has 1 aliphatic carbocycles. The second kappa shape index (κ2) is 6.08. The van der Waals surface area contributed by atoms with E-state index in [-0.39, 0.29) is 6.10 Å². The van der Waals surface area contributed by atoms with Crippen LogP contribution in [0.4, 0.5) is 0 Å². The first kappa shape index (κ1) is 12.5. The van der Waals surface area contributed by atoms with Crippen LogP contribution in [0.25, 0.3) is 0 Å². The second-order valence-corrected chi connectivity index (χ2v) is 6.43. The van der Waals surface area contributed by atoms with Gasteiger partial charge in [0.1, 0.15) is 0 Å². The number of aliphatic hydroxyl groups excluding tert-OH is 1. The number of rotatable bonds is 2. The summed E-state index contributed by atoms with van der Waals surface area (Å²) < 4.78 is 1.14. The van der Waals surface area contributed by atoms with Gasteiger partial charge >= 0.3 is 0 Å². The van der Waals surface area contributed by atoms with Gasteiger partial charge in [-0.1, -0.05) is 31.4 Å². The van der Waals surface area contributed by atoms with Gasteiger partial charge in [-0.3, -0.25) is 0 Å². The molecule has 16 heavy (non-hydrogen) atoms. The van der Waals surface area contributed by atoms with Crippen LogP contribution in [0.5, 0.6) is 0 Å². The van der Waals surface area contributed by atoms with Crippen molar-refractivity contribution >= 4 is 27.7 Å². The van der Waals surface area contributed by atoms with Crippen molar-refractivity contribution in [3.63, 3.8) is 0 Å². The van der Waals surface area contributed by atoms with Gasteiger partial charge in [-0.2, -0.15) is 0 Å². The molecule has 1 aliphatic rings. The van der Waals surface area contributed by atoms with Gasteiger partial charge in [0.25, 0.3) is 0 Å². The van der Waals surface area contributed by atoms with Gasteiger partial charge in [0.05, 0.1) is 6.10 Å². The van der Waals surface area contributed by atoms with Crippen LogP contribution in [0.3, 0.4) is 0 Å². The lowest BCUT2D eigenvalue weighted by Crippen LogP contribution is -2.21. The molecule has 3 heteroatoms. The molecule has 0 heterocycles. The third kappa shape index (κ3) is 3.25. The van der Waals surface area contributed by atoms with Gasteiger partial charge < -0.3 is 5.11 Å². The van der Waals surface area contributed by atoms with E-state index in [0.29, 0.717) is 5.25 Å². The van der Waals surface area contributed by atoms with Crippen LogP contribution in [-0.2, 0) is 0 Å². The highest BCUT2D eigenvalue weighted by Crippen LogP contribution is 2.36. The van der Waals surface area contributed by atoms with Crippen LogP contribution in [-0.4, -0.2) is 16.5 Å². The third-order valence-corrected chi connectivity index (χ3v) is 5.45. The van der Waals surface area contributed by atoms with E-state index in [4.69, 9.17) is 0 Å². The Morgan fingerprint density at radius 2 is 1.88 bits per heavy atom. The van der Waals surface area contributed by atoms with Crippen LogP contribution < -0.4 is 0 Å². The highest BCUT2D eigenvalue weighted by Gasteiger charge is 2.22. The topological polar surface area (TPSA) is 20.2 Å². The van der Waals surface area contributed by atoms with Crippen LogP contribution in [0.15, 0.2) is 33.6 Å². The summed E-state index contributed by atoms with van der Waals surface area (Å²) in [6.07, 6.45) is 5.65. The molecular weight excluding hydrogens is 284 g/mol. The largest absolute Gasteiger partial charge is 0.392 e. The fraction of sp³-hybridized carbons (Fsp3) is 0.538. The molecule has 0 bridgehead atoms.